The van der Waals surface area contributed by atoms with Gasteiger partial charge in [-0.2, -0.15) is 0 Å². The second-order valence-corrected chi connectivity index (χ2v) is 4.15. The third-order valence-corrected chi connectivity index (χ3v) is 3.07. The molecule has 1 aromatic heterocycles. The fourth-order valence-electron chi connectivity index (χ4n) is 2.00. The molecule has 0 radical (unpaired) electrons. The highest BCUT2D eigenvalue weighted by Gasteiger charge is 2.32. The molecule has 1 aromatic rings. The van der Waals surface area contributed by atoms with E-state index < -0.39 is 12.1 Å². The van der Waals surface area contributed by atoms with Crippen LogP contribution < -0.4 is 4.90 Å². The first kappa shape index (κ1) is 11.8. The number of carboxylic acid groups (broad SMARTS) is 1. The first-order valence-corrected chi connectivity index (χ1v) is 5.56. The van der Waals surface area contributed by atoms with Crippen LogP contribution in [0.15, 0.2) is 12.4 Å². The van der Waals surface area contributed by atoms with Crippen molar-refractivity contribution in [3.8, 4) is 0 Å². The van der Waals surface area contributed by atoms with E-state index >= 15 is 0 Å². The van der Waals surface area contributed by atoms with Crippen molar-refractivity contribution in [2.45, 2.75) is 19.5 Å². The van der Waals surface area contributed by atoms with Crippen molar-refractivity contribution in [3.05, 3.63) is 18.1 Å². The van der Waals surface area contributed by atoms with Crippen LogP contribution in [-0.2, 0) is 0 Å². The van der Waals surface area contributed by atoms with E-state index in [0.717, 1.165) is 6.42 Å². The van der Waals surface area contributed by atoms with Crippen LogP contribution in [0.3, 0.4) is 0 Å². The standard InChI is InChI=1S/C11H14FN3O2/c1-2-7-5-15(6-8(7)12)10-4-13-9(3-14-10)11(16)17/h3-4,7-8H,2,5-6H2,1H3,(H,16,17). The average Bonchev–Trinajstić information content (AvgIpc) is 2.70. The first-order valence-electron chi connectivity index (χ1n) is 5.56. The molecular weight excluding hydrogens is 225 g/mol. The smallest absolute Gasteiger partial charge is 0.356 e. The number of hydrogen-bond acceptors (Lipinski definition) is 4. The van der Waals surface area contributed by atoms with E-state index in [1.165, 1.54) is 12.4 Å². The number of alkyl halides is 1. The van der Waals surface area contributed by atoms with Gasteiger partial charge in [-0.3, -0.25) is 0 Å². The summed E-state index contributed by atoms with van der Waals surface area (Å²) in [7, 11) is 0. The summed E-state index contributed by atoms with van der Waals surface area (Å²) in [4.78, 5) is 20.2. The molecule has 5 nitrogen and oxygen atoms in total. The molecule has 0 amide bonds. The highest BCUT2D eigenvalue weighted by atomic mass is 19.1. The quantitative estimate of drug-likeness (QED) is 0.862. The van der Waals surface area contributed by atoms with Gasteiger partial charge < -0.3 is 10.0 Å². The minimum atomic E-state index is -1.11. The van der Waals surface area contributed by atoms with Gasteiger partial charge in [-0.15, -0.1) is 0 Å². The van der Waals surface area contributed by atoms with Gasteiger partial charge in [0, 0.05) is 12.5 Å². The van der Waals surface area contributed by atoms with Crippen LogP contribution in [-0.4, -0.2) is 40.3 Å². The number of halogens is 1. The Balaban J connectivity index is 2.11. The molecule has 2 unspecified atom stereocenters. The van der Waals surface area contributed by atoms with Gasteiger partial charge in [0.25, 0.3) is 0 Å². The molecule has 0 spiro atoms. The van der Waals surface area contributed by atoms with E-state index in [1.807, 2.05) is 6.92 Å². The van der Waals surface area contributed by atoms with Crippen LogP contribution in [0.1, 0.15) is 23.8 Å². The molecule has 0 aliphatic carbocycles. The lowest BCUT2D eigenvalue weighted by atomic mass is 10.1. The maximum Gasteiger partial charge on any atom is 0.356 e. The number of anilines is 1. The Morgan fingerprint density at radius 2 is 2.29 bits per heavy atom. The van der Waals surface area contributed by atoms with E-state index in [9.17, 15) is 9.18 Å². The zero-order valence-electron chi connectivity index (χ0n) is 9.51. The van der Waals surface area contributed by atoms with Gasteiger partial charge in [0.1, 0.15) is 12.0 Å². The minimum absolute atomic E-state index is 0.0240. The summed E-state index contributed by atoms with van der Waals surface area (Å²) < 4.78 is 13.5. The Kier molecular flexibility index (Phi) is 3.21. The van der Waals surface area contributed by atoms with Crippen molar-refractivity contribution in [2.24, 2.45) is 5.92 Å². The topological polar surface area (TPSA) is 66.3 Å². The third-order valence-electron chi connectivity index (χ3n) is 3.07. The zero-order valence-corrected chi connectivity index (χ0v) is 9.51. The highest BCUT2D eigenvalue weighted by molar-refractivity contribution is 5.84. The molecular formula is C11H14FN3O2. The van der Waals surface area contributed by atoms with Gasteiger partial charge in [-0.25, -0.2) is 19.2 Å². The van der Waals surface area contributed by atoms with Crippen molar-refractivity contribution in [3.63, 3.8) is 0 Å². The monoisotopic (exact) mass is 239 g/mol. The predicted molar refractivity (Wildman–Crippen MR) is 59.9 cm³/mol. The van der Waals surface area contributed by atoms with E-state index in [-0.39, 0.29) is 11.6 Å². The molecule has 0 saturated carbocycles. The summed E-state index contributed by atoms with van der Waals surface area (Å²) >= 11 is 0. The maximum absolute atomic E-state index is 13.5. The summed E-state index contributed by atoms with van der Waals surface area (Å²) in [6.07, 6.45) is 2.53. The van der Waals surface area contributed by atoms with Gasteiger partial charge in [-0.1, -0.05) is 6.92 Å². The number of nitrogens with zero attached hydrogens (tertiary/aromatic N) is 3. The van der Waals surface area contributed by atoms with Gasteiger partial charge in [-0.05, 0) is 6.42 Å². The third kappa shape index (κ3) is 2.35. The molecule has 92 valence electrons. The molecule has 6 heteroatoms. The number of hydrogen-bond donors (Lipinski definition) is 1. The molecule has 0 bridgehead atoms. The summed E-state index contributed by atoms with van der Waals surface area (Å²) in [5.41, 5.74) is -0.100. The van der Waals surface area contributed by atoms with Crippen LogP contribution in [0.25, 0.3) is 0 Å². The van der Waals surface area contributed by atoms with Crippen LogP contribution in [0, 0.1) is 5.92 Å². The number of rotatable bonds is 3. The van der Waals surface area contributed by atoms with Gasteiger partial charge in [0.05, 0.1) is 18.9 Å². The molecule has 1 aliphatic heterocycles. The van der Waals surface area contributed by atoms with Crippen LogP contribution in [0.2, 0.25) is 0 Å². The minimum Gasteiger partial charge on any atom is -0.476 e. The molecule has 2 heterocycles. The molecule has 1 aliphatic rings. The van der Waals surface area contributed by atoms with Crippen molar-refractivity contribution in [1.82, 2.24) is 9.97 Å². The molecule has 0 aromatic carbocycles. The summed E-state index contributed by atoms with van der Waals surface area (Å²) in [6, 6.07) is 0. The second-order valence-electron chi connectivity index (χ2n) is 4.15. The molecule has 1 saturated heterocycles. The molecule has 17 heavy (non-hydrogen) atoms. The zero-order chi connectivity index (χ0) is 12.4. The fraction of sp³-hybridized carbons (Fsp3) is 0.545. The lowest BCUT2D eigenvalue weighted by molar-refractivity contribution is 0.0690. The van der Waals surface area contributed by atoms with Gasteiger partial charge in [0.2, 0.25) is 0 Å². The van der Waals surface area contributed by atoms with Gasteiger partial charge in [0.15, 0.2) is 5.69 Å². The molecule has 1 N–H and O–H groups in total. The first-order chi connectivity index (χ1) is 8.11. The molecule has 1 fully saturated rings. The Labute approximate surface area is 98.3 Å². The normalized spacial score (nSPS) is 24.0. The van der Waals surface area contributed by atoms with Crippen LogP contribution in [0.5, 0.6) is 0 Å². The lowest BCUT2D eigenvalue weighted by Gasteiger charge is -2.15. The van der Waals surface area contributed by atoms with Gasteiger partial charge >= 0.3 is 5.97 Å². The Morgan fingerprint density at radius 1 is 1.53 bits per heavy atom. The van der Waals surface area contributed by atoms with E-state index in [1.54, 1.807) is 4.90 Å². The largest absolute Gasteiger partial charge is 0.476 e. The Bertz CT molecular complexity index is 410. The summed E-state index contributed by atoms with van der Waals surface area (Å²) in [6.45, 7) is 2.87. The Hall–Kier alpha value is -1.72. The maximum atomic E-state index is 13.5. The van der Waals surface area contributed by atoms with E-state index in [0.29, 0.717) is 18.9 Å². The fourth-order valence-corrected chi connectivity index (χ4v) is 2.00. The predicted octanol–water partition coefficient (Wildman–Crippen LogP) is 1.36. The molecule has 2 atom stereocenters. The molecule has 2 rings (SSSR count). The van der Waals surface area contributed by atoms with Crippen molar-refractivity contribution >= 4 is 11.8 Å². The van der Waals surface area contributed by atoms with Crippen molar-refractivity contribution < 1.29 is 14.3 Å². The summed E-state index contributed by atoms with van der Waals surface area (Å²) in [5, 5.41) is 8.69. The van der Waals surface area contributed by atoms with Crippen LogP contribution >= 0.6 is 0 Å². The number of aromatic nitrogens is 2. The number of aromatic carboxylic acids is 1. The van der Waals surface area contributed by atoms with E-state index in [2.05, 4.69) is 9.97 Å². The summed E-state index contributed by atoms with van der Waals surface area (Å²) in [5.74, 6) is -0.551. The van der Waals surface area contributed by atoms with Crippen LogP contribution in [0.4, 0.5) is 10.2 Å². The lowest BCUT2D eigenvalue weighted by Crippen LogP contribution is -2.21. The number of carbonyl (C=O) groups is 1. The number of carboxylic acids is 1. The van der Waals surface area contributed by atoms with Crippen molar-refractivity contribution in [1.29, 1.82) is 0 Å². The van der Waals surface area contributed by atoms with E-state index in [4.69, 9.17) is 5.11 Å². The Morgan fingerprint density at radius 3 is 2.76 bits per heavy atom. The average molecular weight is 239 g/mol. The second kappa shape index (κ2) is 4.65. The van der Waals surface area contributed by atoms with Crippen molar-refractivity contribution in [2.75, 3.05) is 18.0 Å². The SMILES string of the molecule is CCC1CN(c2cnc(C(=O)O)cn2)CC1F. The highest BCUT2D eigenvalue weighted by Crippen LogP contribution is 2.26.